The average molecular weight is 457 g/mol. The number of fused-ring (bicyclic) bond motifs is 1. The van der Waals surface area contributed by atoms with E-state index in [0.29, 0.717) is 0 Å². The van der Waals surface area contributed by atoms with Gasteiger partial charge in [0.25, 0.3) is 0 Å². The van der Waals surface area contributed by atoms with Gasteiger partial charge in [-0.3, -0.25) is 14.4 Å². The number of benzene rings is 1. The minimum Gasteiger partial charge on any atom is -0.366 e. The van der Waals surface area contributed by atoms with Crippen molar-refractivity contribution in [3.63, 3.8) is 0 Å². The van der Waals surface area contributed by atoms with Gasteiger partial charge in [0.15, 0.2) is 0 Å². The highest BCUT2D eigenvalue weighted by atomic mass is 16.5. The van der Waals surface area contributed by atoms with Crippen LogP contribution < -0.4 is 16.0 Å². The Balaban J connectivity index is 0.000000243. The van der Waals surface area contributed by atoms with Crippen LogP contribution >= 0.6 is 0 Å². The van der Waals surface area contributed by atoms with Crippen LogP contribution in [-0.4, -0.2) is 68.6 Å². The molecule has 3 rings (SSSR count). The number of amides is 3. The fraction of sp³-hybridized carbons (Fsp3) is 0.560. The number of hydrogen-bond acceptors (Lipinski definition) is 5. The lowest BCUT2D eigenvalue weighted by atomic mass is 9.88. The number of nitrogens with zero attached hydrogens (tertiary/aromatic N) is 1. The molecule has 1 saturated heterocycles. The Morgan fingerprint density at radius 2 is 1.94 bits per heavy atom. The number of likely N-dealkylation sites (tertiary alicyclic amines) is 1. The normalized spacial score (nSPS) is 17.6. The van der Waals surface area contributed by atoms with E-state index in [-0.39, 0.29) is 43.5 Å². The molecule has 33 heavy (non-hydrogen) atoms. The number of likely N-dealkylation sites (N-methyl/N-ethyl adjacent to an activating group) is 1. The van der Waals surface area contributed by atoms with Gasteiger partial charge in [0.1, 0.15) is 12.6 Å². The van der Waals surface area contributed by atoms with Crippen molar-refractivity contribution < 1.29 is 19.1 Å². The third kappa shape index (κ3) is 8.87. The van der Waals surface area contributed by atoms with Gasteiger partial charge in [0.2, 0.25) is 17.7 Å². The van der Waals surface area contributed by atoms with Crippen molar-refractivity contribution in [1.29, 1.82) is 0 Å². The van der Waals surface area contributed by atoms with Crippen LogP contribution in [0.3, 0.4) is 0 Å². The number of hydrogen-bond donors (Lipinski definition) is 3. The van der Waals surface area contributed by atoms with Crippen LogP contribution in [0.4, 0.5) is 0 Å². The molecule has 1 fully saturated rings. The zero-order chi connectivity index (χ0) is 24.1. The van der Waals surface area contributed by atoms with E-state index in [2.05, 4.69) is 40.1 Å². The molecule has 0 saturated carbocycles. The summed E-state index contributed by atoms with van der Waals surface area (Å²) in [6.45, 7) is 3.47. The second-order valence-corrected chi connectivity index (χ2v) is 8.25. The quantitative estimate of drug-likeness (QED) is 0.403. The topological polar surface area (TPSA) is 99.8 Å². The standard InChI is InChI=1S/C13H21N3O3.C12H15NO/c1-3-8-19-10-11(15-12(17)9-14-2)13(18)16-6-4-5-7-16;1-9(14)13-12-8-4-6-10-5-2-3-7-11(10)12/h1,11,14H,4-10H2,2H3,(H,15,17);2-3,5,7,12H,4,6,8H2,1H3,(H,13,14). The maximum atomic E-state index is 12.2. The molecule has 0 bridgehead atoms. The predicted molar refractivity (Wildman–Crippen MR) is 127 cm³/mol. The summed E-state index contributed by atoms with van der Waals surface area (Å²) in [6.07, 6.45) is 10.5. The smallest absolute Gasteiger partial charge is 0.247 e. The molecular weight excluding hydrogens is 420 g/mol. The number of nitrogens with one attached hydrogen (secondary N) is 3. The summed E-state index contributed by atoms with van der Waals surface area (Å²) in [6, 6.07) is 7.96. The fourth-order valence-corrected chi connectivity index (χ4v) is 4.12. The lowest BCUT2D eigenvalue weighted by molar-refractivity contribution is -0.137. The second-order valence-electron chi connectivity index (χ2n) is 8.25. The molecule has 1 aromatic rings. The summed E-state index contributed by atoms with van der Waals surface area (Å²) >= 11 is 0. The van der Waals surface area contributed by atoms with Crippen molar-refractivity contribution in [2.24, 2.45) is 0 Å². The molecule has 8 nitrogen and oxygen atoms in total. The van der Waals surface area contributed by atoms with Crippen molar-refractivity contribution in [2.75, 3.05) is 39.9 Å². The maximum absolute atomic E-state index is 12.2. The van der Waals surface area contributed by atoms with Gasteiger partial charge in [0, 0.05) is 20.0 Å². The first-order valence-electron chi connectivity index (χ1n) is 11.5. The third-order valence-electron chi connectivity index (χ3n) is 5.61. The molecule has 1 aromatic carbocycles. The molecule has 0 radical (unpaired) electrons. The van der Waals surface area contributed by atoms with Gasteiger partial charge < -0.3 is 25.6 Å². The number of ether oxygens (including phenoxy) is 1. The number of aryl methyl sites for hydroxylation is 1. The lowest BCUT2D eigenvalue weighted by Gasteiger charge is -2.25. The summed E-state index contributed by atoms with van der Waals surface area (Å²) in [5, 5.41) is 8.40. The molecule has 2 aliphatic rings. The van der Waals surface area contributed by atoms with Crippen LogP contribution in [0.1, 0.15) is 49.8 Å². The largest absolute Gasteiger partial charge is 0.366 e. The van der Waals surface area contributed by atoms with Gasteiger partial charge >= 0.3 is 0 Å². The number of carbonyl (C=O) groups is 3. The zero-order valence-electron chi connectivity index (χ0n) is 19.7. The Bertz CT molecular complexity index is 830. The number of terminal acetylenes is 1. The Labute approximate surface area is 196 Å². The van der Waals surface area contributed by atoms with Crippen LogP contribution in [-0.2, 0) is 25.5 Å². The summed E-state index contributed by atoms with van der Waals surface area (Å²) in [5.41, 5.74) is 2.69. The maximum Gasteiger partial charge on any atom is 0.247 e. The minimum absolute atomic E-state index is 0.0618. The lowest BCUT2D eigenvalue weighted by Crippen LogP contribution is -2.51. The van der Waals surface area contributed by atoms with Gasteiger partial charge in [-0.1, -0.05) is 30.2 Å². The van der Waals surface area contributed by atoms with Crippen molar-refractivity contribution in [2.45, 2.75) is 51.1 Å². The highest BCUT2D eigenvalue weighted by molar-refractivity contribution is 5.88. The van der Waals surface area contributed by atoms with Crippen LogP contribution in [0.5, 0.6) is 0 Å². The number of carbonyl (C=O) groups excluding carboxylic acids is 3. The Kier molecular flexibility index (Phi) is 11.4. The van der Waals surface area contributed by atoms with E-state index in [4.69, 9.17) is 11.2 Å². The Morgan fingerprint density at radius 3 is 2.61 bits per heavy atom. The van der Waals surface area contributed by atoms with Gasteiger partial charge in [-0.25, -0.2) is 0 Å². The van der Waals surface area contributed by atoms with Gasteiger partial charge in [-0.2, -0.15) is 0 Å². The first kappa shape index (κ1) is 26.4. The Hall–Kier alpha value is -2.89. The molecule has 1 aliphatic carbocycles. The molecule has 8 heteroatoms. The van der Waals surface area contributed by atoms with E-state index in [1.165, 1.54) is 17.5 Å². The van der Waals surface area contributed by atoms with E-state index < -0.39 is 6.04 Å². The molecule has 0 spiro atoms. The molecule has 3 N–H and O–H groups in total. The van der Waals surface area contributed by atoms with E-state index >= 15 is 0 Å². The zero-order valence-corrected chi connectivity index (χ0v) is 19.7. The van der Waals surface area contributed by atoms with Crippen LogP contribution in [0.2, 0.25) is 0 Å². The molecule has 1 heterocycles. The SMILES string of the molecule is C#CCOCC(NC(=O)CNC)C(=O)N1CCCC1.CC(=O)NC1CCCc2ccccc21. The minimum atomic E-state index is -0.660. The van der Waals surface area contributed by atoms with E-state index in [9.17, 15) is 14.4 Å². The van der Waals surface area contributed by atoms with Crippen LogP contribution in [0, 0.1) is 12.3 Å². The first-order valence-corrected chi connectivity index (χ1v) is 11.5. The second kappa shape index (κ2) is 14.3. The summed E-state index contributed by atoms with van der Waals surface area (Å²) in [5.74, 6) is 2.07. The molecule has 2 atom stereocenters. The fourth-order valence-electron chi connectivity index (χ4n) is 4.12. The van der Waals surface area contributed by atoms with E-state index in [0.717, 1.165) is 38.8 Å². The van der Waals surface area contributed by atoms with Gasteiger partial charge in [-0.05, 0) is 50.3 Å². The van der Waals surface area contributed by atoms with E-state index in [1.54, 1.807) is 18.9 Å². The van der Waals surface area contributed by atoms with Crippen molar-refractivity contribution in [1.82, 2.24) is 20.9 Å². The highest BCUT2D eigenvalue weighted by Crippen LogP contribution is 2.29. The van der Waals surface area contributed by atoms with Crippen molar-refractivity contribution in [3.8, 4) is 12.3 Å². The van der Waals surface area contributed by atoms with E-state index in [1.807, 2.05) is 6.07 Å². The van der Waals surface area contributed by atoms with Crippen molar-refractivity contribution >= 4 is 17.7 Å². The molecular formula is C25H36N4O4. The number of rotatable bonds is 8. The predicted octanol–water partition coefficient (Wildman–Crippen LogP) is 1.16. The summed E-state index contributed by atoms with van der Waals surface area (Å²) < 4.78 is 5.19. The monoisotopic (exact) mass is 456 g/mol. The van der Waals surface area contributed by atoms with Crippen LogP contribution in [0.25, 0.3) is 0 Å². The highest BCUT2D eigenvalue weighted by Gasteiger charge is 2.27. The van der Waals surface area contributed by atoms with Gasteiger partial charge in [0.05, 0.1) is 19.2 Å². The molecule has 3 amide bonds. The molecule has 2 unspecified atom stereocenters. The molecule has 180 valence electrons. The third-order valence-corrected chi connectivity index (χ3v) is 5.61. The van der Waals surface area contributed by atoms with Crippen molar-refractivity contribution in [3.05, 3.63) is 35.4 Å². The Morgan fingerprint density at radius 1 is 1.21 bits per heavy atom. The average Bonchev–Trinajstić information content (AvgIpc) is 3.34. The van der Waals surface area contributed by atoms with Gasteiger partial charge in [-0.15, -0.1) is 6.42 Å². The molecule has 0 aromatic heterocycles. The molecule has 1 aliphatic heterocycles. The first-order chi connectivity index (χ1) is 16.0. The van der Waals surface area contributed by atoms with Crippen LogP contribution in [0.15, 0.2) is 24.3 Å². The summed E-state index contributed by atoms with van der Waals surface area (Å²) in [4.78, 5) is 36.6. The summed E-state index contributed by atoms with van der Waals surface area (Å²) in [7, 11) is 1.67.